The van der Waals surface area contributed by atoms with Gasteiger partial charge in [-0.3, -0.25) is 0 Å². The lowest BCUT2D eigenvalue weighted by Gasteiger charge is -2.30. The molecule has 1 unspecified atom stereocenters. The predicted molar refractivity (Wildman–Crippen MR) is 201 cm³/mol. The third-order valence-corrected chi connectivity index (χ3v) is 9.95. The van der Waals surface area contributed by atoms with Gasteiger partial charge in [0.1, 0.15) is 0 Å². The van der Waals surface area contributed by atoms with Gasteiger partial charge in [0.15, 0.2) is 0 Å². The Balaban J connectivity index is 1.25. The van der Waals surface area contributed by atoms with E-state index in [0.29, 0.717) is 0 Å². The lowest BCUT2D eigenvalue weighted by molar-refractivity contribution is 0.814. The molecular formula is C45H31N3. The molecule has 226 valence electrons. The molecule has 0 spiro atoms. The Morgan fingerprint density at radius 3 is 2.04 bits per heavy atom. The molecule has 3 heteroatoms. The van der Waals surface area contributed by atoms with Crippen molar-refractivity contribution in [3.8, 4) is 28.1 Å². The molecule has 0 bridgehead atoms. The first-order valence-electron chi connectivity index (χ1n) is 16.6. The van der Waals surface area contributed by atoms with E-state index in [0.717, 1.165) is 22.8 Å². The van der Waals surface area contributed by atoms with Crippen LogP contribution in [0.1, 0.15) is 5.56 Å². The van der Waals surface area contributed by atoms with Crippen LogP contribution in [0.4, 0.5) is 17.1 Å². The number of nitrogens with one attached hydrogen (secondary N) is 1. The van der Waals surface area contributed by atoms with E-state index in [9.17, 15) is 0 Å². The monoisotopic (exact) mass is 613 g/mol. The highest BCUT2D eigenvalue weighted by Crippen LogP contribution is 2.55. The zero-order chi connectivity index (χ0) is 31.6. The van der Waals surface area contributed by atoms with Gasteiger partial charge in [0, 0.05) is 44.4 Å². The Kier molecular flexibility index (Phi) is 5.94. The van der Waals surface area contributed by atoms with Gasteiger partial charge in [0.05, 0.1) is 34.3 Å². The average molecular weight is 614 g/mol. The van der Waals surface area contributed by atoms with E-state index in [1.54, 1.807) is 0 Å². The van der Waals surface area contributed by atoms with Gasteiger partial charge in [-0.1, -0.05) is 134 Å². The number of dihydropyridines is 1. The summed E-state index contributed by atoms with van der Waals surface area (Å²) >= 11 is 0. The van der Waals surface area contributed by atoms with Crippen molar-refractivity contribution in [3.05, 3.63) is 187 Å². The van der Waals surface area contributed by atoms with Gasteiger partial charge in [-0.25, -0.2) is 0 Å². The fourth-order valence-corrected chi connectivity index (χ4v) is 7.87. The number of para-hydroxylation sites is 4. The Morgan fingerprint density at radius 2 is 1.19 bits per heavy atom. The van der Waals surface area contributed by atoms with Crippen LogP contribution in [0.25, 0.3) is 55.4 Å². The van der Waals surface area contributed by atoms with Crippen molar-refractivity contribution in [2.75, 3.05) is 4.90 Å². The van der Waals surface area contributed by atoms with Crippen molar-refractivity contribution in [3.63, 3.8) is 0 Å². The Hall–Kier alpha value is -6.32. The second kappa shape index (κ2) is 10.6. The van der Waals surface area contributed by atoms with Gasteiger partial charge in [0.2, 0.25) is 0 Å². The van der Waals surface area contributed by atoms with Crippen molar-refractivity contribution in [2.45, 2.75) is 6.04 Å². The Labute approximate surface area is 279 Å². The lowest BCUT2D eigenvalue weighted by Crippen LogP contribution is -2.30. The summed E-state index contributed by atoms with van der Waals surface area (Å²) < 4.78 is 2.45. The molecule has 1 aromatic heterocycles. The van der Waals surface area contributed by atoms with Gasteiger partial charge in [-0.05, 0) is 53.4 Å². The molecule has 1 atom stereocenters. The van der Waals surface area contributed by atoms with E-state index in [4.69, 9.17) is 0 Å². The molecule has 0 radical (unpaired) electrons. The summed E-state index contributed by atoms with van der Waals surface area (Å²) in [4.78, 5) is 2.48. The number of nitrogens with zero attached hydrogens (tertiary/aromatic N) is 2. The molecule has 1 N–H and O–H groups in total. The summed E-state index contributed by atoms with van der Waals surface area (Å²) in [5.41, 5.74) is 14.3. The largest absolute Gasteiger partial charge is 0.374 e. The Bertz CT molecular complexity index is 2540. The molecule has 3 nitrogen and oxygen atoms in total. The summed E-state index contributed by atoms with van der Waals surface area (Å²) in [6, 6.07) is 51.0. The minimum Gasteiger partial charge on any atom is -0.374 e. The van der Waals surface area contributed by atoms with Gasteiger partial charge in [-0.2, -0.15) is 0 Å². The lowest BCUT2D eigenvalue weighted by atomic mass is 9.93. The van der Waals surface area contributed by atoms with Crippen LogP contribution in [0.15, 0.2) is 182 Å². The van der Waals surface area contributed by atoms with Crippen LogP contribution < -0.4 is 10.2 Å². The number of aromatic nitrogens is 1. The first-order valence-corrected chi connectivity index (χ1v) is 16.6. The SMILES string of the molecule is C1=CC2=CC=C(c3ccc(N4c5ccccc5-c5c(n(-c6ccccc6)c6ccccc56)-c5ccccc54)c4ccccc34)NC2C=C1. The van der Waals surface area contributed by atoms with Gasteiger partial charge < -0.3 is 14.8 Å². The van der Waals surface area contributed by atoms with Crippen LogP contribution in [0, 0.1) is 0 Å². The summed E-state index contributed by atoms with van der Waals surface area (Å²) in [6.07, 6.45) is 13.1. The molecule has 7 aromatic rings. The quantitative estimate of drug-likeness (QED) is 0.214. The molecule has 10 rings (SSSR count). The van der Waals surface area contributed by atoms with Gasteiger partial charge in [-0.15, -0.1) is 0 Å². The summed E-state index contributed by atoms with van der Waals surface area (Å²) in [5, 5.41) is 7.46. The molecular weight excluding hydrogens is 583 g/mol. The van der Waals surface area contributed by atoms with Crippen molar-refractivity contribution < 1.29 is 0 Å². The number of anilines is 3. The Morgan fingerprint density at radius 1 is 0.500 bits per heavy atom. The van der Waals surface area contributed by atoms with Crippen LogP contribution in [-0.4, -0.2) is 10.6 Å². The average Bonchev–Trinajstić information content (AvgIpc) is 3.44. The van der Waals surface area contributed by atoms with Crippen LogP contribution in [0.5, 0.6) is 0 Å². The van der Waals surface area contributed by atoms with E-state index < -0.39 is 0 Å². The van der Waals surface area contributed by atoms with E-state index in [1.807, 2.05) is 0 Å². The second-order valence-corrected chi connectivity index (χ2v) is 12.6. The number of allylic oxidation sites excluding steroid dienone is 4. The van der Waals surface area contributed by atoms with Crippen LogP contribution in [0.2, 0.25) is 0 Å². The third kappa shape index (κ3) is 3.94. The molecule has 2 aliphatic heterocycles. The number of hydrogen-bond donors (Lipinski definition) is 1. The fraction of sp³-hybridized carbons (Fsp3) is 0.0222. The van der Waals surface area contributed by atoms with Gasteiger partial charge >= 0.3 is 0 Å². The molecule has 6 aromatic carbocycles. The maximum Gasteiger partial charge on any atom is 0.0701 e. The minimum absolute atomic E-state index is 0.182. The topological polar surface area (TPSA) is 20.2 Å². The third-order valence-electron chi connectivity index (χ3n) is 9.95. The molecule has 0 saturated carbocycles. The van der Waals surface area contributed by atoms with E-state index in [-0.39, 0.29) is 6.04 Å². The zero-order valence-electron chi connectivity index (χ0n) is 26.2. The maximum absolute atomic E-state index is 3.79. The standard InChI is InChI=1S/C45H31N3/c1-2-15-31(16-3-1)47-40-23-11-7-19-35(40)44-36-20-8-12-24-41(36)48(42-25-13-9-21-37(42)45(44)47)43-29-27-33(32-17-5-6-18-34(32)43)39-28-26-30-14-4-10-22-38(30)46-39/h1-29,38,46H. The number of fused-ring (bicyclic) bond motifs is 9. The molecule has 0 saturated heterocycles. The molecule has 0 fully saturated rings. The highest BCUT2D eigenvalue weighted by atomic mass is 15.2. The smallest absolute Gasteiger partial charge is 0.0701 e. The minimum atomic E-state index is 0.182. The highest BCUT2D eigenvalue weighted by Gasteiger charge is 2.32. The van der Waals surface area contributed by atoms with Crippen LogP contribution >= 0.6 is 0 Å². The number of benzene rings is 6. The predicted octanol–water partition coefficient (Wildman–Crippen LogP) is 11.3. The maximum atomic E-state index is 3.79. The number of rotatable bonds is 3. The van der Waals surface area contributed by atoms with Crippen molar-refractivity contribution in [1.82, 2.24) is 9.88 Å². The number of hydrogen-bond acceptors (Lipinski definition) is 2. The second-order valence-electron chi connectivity index (χ2n) is 12.6. The molecule has 1 aliphatic carbocycles. The molecule has 3 heterocycles. The van der Waals surface area contributed by atoms with E-state index in [1.165, 1.54) is 60.9 Å². The van der Waals surface area contributed by atoms with Gasteiger partial charge in [0.25, 0.3) is 0 Å². The molecule has 0 amide bonds. The highest BCUT2D eigenvalue weighted by molar-refractivity contribution is 6.15. The summed E-state index contributed by atoms with van der Waals surface area (Å²) in [7, 11) is 0. The molecule has 48 heavy (non-hydrogen) atoms. The summed E-state index contributed by atoms with van der Waals surface area (Å²) in [6.45, 7) is 0. The first kappa shape index (κ1) is 26.9. The zero-order valence-corrected chi connectivity index (χ0v) is 26.2. The molecule has 3 aliphatic rings. The van der Waals surface area contributed by atoms with Crippen molar-refractivity contribution in [1.29, 1.82) is 0 Å². The van der Waals surface area contributed by atoms with Crippen LogP contribution in [0.3, 0.4) is 0 Å². The van der Waals surface area contributed by atoms with E-state index >= 15 is 0 Å². The normalized spacial score (nSPS) is 15.9. The summed E-state index contributed by atoms with van der Waals surface area (Å²) in [5.74, 6) is 0. The van der Waals surface area contributed by atoms with Crippen molar-refractivity contribution in [2.24, 2.45) is 0 Å². The van der Waals surface area contributed by atoms with E-state index in [2.05, 4.69) is 191 Å². The first-order chi connectivity index (χ1) is 23.8. The van der Waals surface area contributed by atoms with Crippen LogP contribution in [-0.2, 0) is 0 Å². The fourth-order valence-electron chi connectivity index (χ4n) is 7.87. The van der Waals surface area contributed by atoms with Crippen molar-refractivity contribution >= 4 is 44.4 Å².